The summed E-state index contributed by atoms with van der Waals surface area (Å²) in [4.78, 5) is 15.4. The molecule has 12 heteroatoms. The average molecular weight is 446 g/mol. The highest BCUT2D eigenvalue weighted by molar-refractivity contribution is 7.99. The average Bonchev–Trinajstić information content (AvgIpc) is 3.53. The van der Waals surface area contributed by atoms with Gasteiger partial charge in [0.15, 0.2) is 5.76 Å². The Morgan fingerprint density at radius 3 is 2.90 bits per heavy atom. The summed E-state index contributed by atoms with van der Waals surface area (Å²) in [5, 5.41) is 18.6. The Labute approximate surface area is 180 Å². The zero-order valence-electron chi connectivity index (χ0n) is 16.1. The van der Waals surface area contributed by atoms with Crippen LogP contribution in [0.3, 0.4) is 0 Å². The SMILES string of the molecule is CCCN(Cc1nnc(-c2cccs2)o1)C(=O)CSc1nnc(-c2ccco2)n1N. The van der Waals surface area contributed by atoms with E-state index in [1.807, 2.05) is 24.4 Å². The van der Waals surface area contributed by atoms with Crippen molar-refractivity contribution in [1.82, 2.24) is 30.0 Å². The molecule has 10 nitrogen and oxygen atoms in total. The first-order valence-corrected chi connectivity index (χ1v) is 11.0. The lowest BCUT2D eigenvalue weighted by atomic mass is 10.4. The number of nitrogen functional groups attached to an aromatic ring is 1. The van der Waals surface area contributed by atoms with E-state index >= 15 is 0 Å². The number of hydrogen-bond acceptors (Lipinski definition) is 10. The second-order valence-corrected chi connectivity index (χ2v) is 8.13. The molecule has 0 aliphatic rings. The zero-order valence-corrected chi connectivity index (χ0v) is 17.7. The summed E-state index contributed by atoms with van der Waals surface area (Å²) >= 11 is 2.73. The van der Waals surface area contributed by atoms with Gasteiger partial charge < -0.3 is 19.6 Å². The topological polar surface area (TPSA) is 129 Å². The summed E-state index contributed by atoms with van der Waals surface area (Å²) in [6.07, 6.45) is 2.34. The molecule has 0 aromatic carbocycles. The van der Waals surface area contributed by atoms with Crippen molar-refractivity contribution in [2.75, 3.05) is 18.1 Å². The molecule has 4 aromatic heterocycles. The van der Waals surface area contributed by atoms with Gasteiger partial charge in [-0.1, -0.05) is 24.8 Å². The van der Waals surface area contributed by atoms with Crippen LogP contribution in [0, 0.1) is 0 Å². The fourth-order valence-electron chi connectivity index (χ4n) is 2.71. The number of furan rings is 1. The number of carbonyl (C=O) groups excluding carboxylic acids is 1. The molecule has 2 N–H and O–H groups in total. The van der Waals surface area contributed by atoms with Gasteiger partial charge in [0.05, 0.1) is 23.4 Å². The summed E-state index contributed by atoms with van der Waals surface area (Å²) < 4.78 is 12.3. The summed E-state index contributed by atoms with van der Waals surface area (Å²) in [5.41, 5.74) is 0. The predicted octanol–water partition coefficient (Wildman–Crippen LogP) is 2.89. The third kappa shape index (κ3) is 4.39. The van der Waals surface area contributed by atoms with Crippen LogP contribution in [-0.4, -0.2) is 48.2 Å². The van der Waals surface area contributed by atoms with Gasteiger partial charge in [-0.3, -0.25) is 4.79 Å². The van der Waals surface area contributed by atoms with Gasteiger partial charge in [-0.05, 0) is 30.0 Å². The van der Waals surface area contributed by atoms with Crippen LogP contribution in [-0.2, 0) is 11.3 Å². The van der Waals surface area contributed by atoms with Gasteiger partial charge in [0.1, 0.15) is 0 Å². The van der Waals surface area contributed by atoms with Gasteiger partial charge in [0.2, 0.25) is 22.8 Å². The van der Waals surface area contributed by atoms with Gasteiger partial charge in [0, 0.05) is 6.54 Å². The van der Waals surface area contributed by atoms with Crippen molar-refractivity contribution < 1.29 is 13.6 Å². The van der Waals surface area contributed by atoms with Crippen molar-refractivity contribution in [3.05, 3.63) is 41.8 Å². The fourth-order valence-corrected chi connectivity index (χ4v) is 4.11. The molecule has 0 saturated heterocycles. The molecule has 4 aromatic rings. The van der Waals surface area contributed by atoms with Crippen LogP contribution >= 0.6 is 23.1 Å². The first kappa shape index (κ1) is 20.2. The van der Waals surface area contributed by atoms with E-state index in [-0.39, 0.29) is 18.2 Å². The predicted molar refractivity (Wildman–Crippen MR) is 112 cm³/mol. The van der Waals surface area contributed by atoms with Gasteiger partial charge >= 0.3 is 0 Å². The lowest BCUT2D eigenvalue weighted by Crippen LogP contribution is -2.33. The number of nitrogens with two attached hydrogens (primary N) is 1. The van der Waals surface area contributed by atoms with Crippen LogP contribution in [0.5, 0.6) is 0 Å². The third-order valence-electron chi connectivity index (χ3n) is 4.10. The molecular formula is C18H19N7O3S2. The van der Waals surface area contributed by atoms with E-state index in [1.54, 1.807) is 17.0 Å². The Morgan fingerprint density at radius 2 is 2.17 bits per heavy atom. The van der Waals surface area contributed by atoms with Crippen LogP contribution in [0.1, 0.15) is 19.2 Å². The minimum atomic E-state index is -0.0831. The fraction of sp³-hybridized carbons (Fsp3) is 0.278. The molecule has 1 amide bonds. The maximum absolute atomic E-state index is 12.8. The Kier molecular flexibility index (Phi) is 6.14. The molecule has 0 saturated carbocycles. The number of aromatic nitrogens is 5. The quantitative estimate of drug-likeness (QED) is 0.305. The third-order valence-corrected chi connectivity index (χ3v) is 5.89. The van der Waals surface area contributed by atoms with Crippen molar-refractivity contribution in [2.24, 2.45) is 0 Å². The summed E-state index contributed by atoms with van der Waals surface area (Å²) in [7, 11) is 0. The largest absolute Gasteiger partial charge is 0.461 e. The molecule has 0 radical (unpaired) electrons. The number of rotatable bonds is 9. The standard InChI is InChI=1S/C18H19N7O3S2/c1-2-7-24(10-14-20-22-17(28-14)13-6-4-9-29-13)15(26)11-30-18-23-21-16(25(18)19)12-5-3-8-27-12/h3-6,8-9H,2,7,10-11,19H2,1H3. The lowest BCUT2D eigenvalue weighted by molar-refractivity contribution is -0.129. The van der Waals surface area contributed by atoms with E-state index in [2.05, 4.69) is 20.4 Å². The molecular weight excluding hydrogens is 426 g/mol. The molecule has 0 unspecified atom stereocenters. The van der Waals surface area contributed by atoms with Crippen molar-refractivity contribution in [2.45, 2.75) is 25.0 Å². The Bertz CT molecular complexity index is 1090. The molecule has 0 fully saturated rings. The van der Waals surface area contributed by atoms with Crippen LogP contribution in [0.2, 0.25) is 0 Å². The number of hydrogen-bond donors (Lipinski definition) is 1. The maximum Gasteiger partial charge on any atom is 0.257 e. The first-order chi connectivity index (χ1) is 14.7. The molecule has 0 atom stereocenters. The van der Waals surface area contributed by atoms with E-state index in [1.165, 1.54) is 34.0 Å². The number of carbonyl (C=O) groups is 1. The van der Waals surface area contributed by atoms with Crippen molar-refractivity contribution in [3.8, 4) is 22.4 Å². The van der Waals surface area contributed by atoms with Crippen molar-refractivity contribution >= 4 is 29.0 Å². The molecule has 156 valence electrons. The summed E-state index contributed by atoms with van der Waals surface area (Å²) in [6.45, 7) is 2.83. The highest BCUT2D eigenvalue weighted by atomic mass is 32.2. The van der Waals surface area contributed by atoms with E-state index in [4.69, 9.17) is 14.7 Å². The summed E-state index contributed by atoms with van der Waals surface area (Å²) in [5.74, 6) is 7.87. The number of nitrogens with zero attached hydrogens (tertiary/aromatic N) is 6. The number of thioether (sulfide) groups is 1. The van der Waals surface area contributed by atoms with Gasteiger partial charge in [-0.15, -0.1) is 31.7 Å². The highest BCUT2D eigenvalue weighted by Crippen LogP contribution is 2.24. The monoisotopic (exact) mass is 445 g/mol. The maximum atomic E-state index is 12.8. The van der Waals surface area contributed by atoms with E-state index in [0.29, 0.717) is 35.1 Å². The lowest BCUT2D eigenvalue weighted by Gasteiger charge is -2.19. The zero-order chi connectivity index (χ0) is 20.9. The van der Waals surface area contributed by atoms with Crippen molar-refractivity contribution in [1.29, 1.82) is 0 Å². The molecule has 0 spiro atoms. The minimum absolute atomic E-state index is 0.0831. The second-order valence-electron chi connectivity index (χ2n) is 6.24. The number of amides is 1. The molecule has 4 rings (SSSR count). The van der Waals surface area contributed by atoms with Gasteiger partial charge in [0.25, 0.3) is 5.89 Å². The van der Waals surface area contributed by atoms with E-state index in [0.717, 1.165) is 11.3 Å². The highest BCUT2D eigenvalue weighted by Gasteiger charge is 2.20. The van der Waals surface area contributed by atoms with E-state index in [9.17, 15) is 4.79 Å². The van der Waals surface area contributed by atoms with E-state index < -0.39 is 0 Å². The Balaban J connectivity index is 1.39. The molecule has 4 heterocycles. The minimum Gasteiger partial charge on any atom is -0.461 e. The molecule has 0 aliphatic carbocycles. The van der Waals surface area contributed by atoms with Gasteiger partial charge in [-0.25, -0.2) is 4.68 Å². The molecule has 0 bridgehead atoms. The Hall–Kier alpha value is -3.12. The first-order valence-electron chi connectivity index (χ1n) is 9.17. The molecule has 0 aliphatic heterocycles. The van der Waals surface area contributed by atoms with Crippen LogP contribution in [0.15, 0.2) is 49.9 Å². The number of thiophene rings is 1. The Morgan fingerprint density at radius 1 is 1.27 bits per heavy atom. The normalized spacial score (nSPS) is 11.1. The van der Waals surface area contributed by atoms with Gasteiger partial charge in [-0.2, -0.15) is 0 Å². The van der Waals surface area contributed by atoms with Crippen LogP contribution in [0.25, 0.3) is 22.4 Å². The van der Waals surface area contributed by atoms with Crippen molar-refractivity contribution in [3.63, 3.8) is 0 Å². The summed E-state index contributed by atoms with van der Waals surface area (Å²) in [6, 6.07) is 7.31. The molecule has 30 heavy (non-hydrogen) atoms. The smallest absolute Gasteiger partial charge is 0.257 e. The van der Waals surface area contributed by atoms with Crippen LogP contribution < -0.4 is 5.84 Å². The van der Waals surface area contributed by atoms with Crippen LogP contribution in [0.4, 0.5) is 0 Å². The second kappa shape index (κ2) is 9.13.